The molecule has 0 unspecified atom stereocenters. The number of hydrogen-bond donors (Lipinski definition) is 1. The summed E-state index contributed by atoms with van der Waals surface area (Å²) >= 11 is 7.50. The number of benzene rings is 2. The summed E-state index contributed by atoms with van der Waals surface area (Å²) in [5.74, 6) is 0.0410. The van der Waals surface area contributed by atoms with Crippen LogP contribution in [0.4, 0.5) is 11.4 Å². The van der Waals surface area contributed by atoms with Gasteiger partial charge in [-0.05, 0) is 73.0 Å². The molecule has 2 heterocycles. The molecule has 3 aromatic rings. The van der Waals surface area contributed by atoms with Crippen molar-refractivity contribution in [3.8, 4) is 16.5 Å². The molecule has 0 aliphatic carbocycles. The number of carbonyl (C=O) groups is 1. The molecule has 146 valence electrons. The van der Waals surface area contributed by atoms with Crippen LogP contribution in [0.15, 0.2) is 54.6 Å². The highest BCUT2D eigenvalue weighted by atomic mass is 35.5. The van der Waals surface area contributed by atoms with Crippen molar-refractivity contribution in [2.75, 3.05) is 10.2 Å². The average Bonchev–Trinajstić information content (AvgIpc) is 3.18. The summed E-state index contributed by atoms with van der Waals surface area (Å²) in [5.41, 5.74) is 4.06. The van der Waals surface area contributed by atoms with Crippen molar-refractivity contribution in [3.05, 3.63) is 70.1 Å². The average molecular weight is 422 g/mol. The molecule has 4 nitrogen and oxygen atoms in total. The molecule has 1 aromatic heterocycles. The van der Waals surface area contributed by atoms with E-state index in [-0.39, 0.29) is 18.0 Å². The first kappa shape index (κ1) is 19.5. The lowest BCUT2D eigenvalue weighted by Crippen LogP contribution is -2.43. The maximum absolute atomic E-state index is 12.3. The van der Waals surface area contributed by atoms with E-state index in [4.69, 9.17) is 16.9 Å². The molecular formula is C23H20ClN3OS. The Bertz CT molecular complexity index is 1100. The summed E-state index contributed by atoms with van der Waals surface area (Å²) in [6, 6.07) is 20.0. The van der Waals surface area contributed by atoms with Gasteiger partial charge in [0.25, 0.3) is 0 Å². The van der Waals surface area contributed by atoms with Crippen molar-refractivity contribution in [1.82, 2.24) is 0 Å². The predicted molar refractivity (Wildman–Crippen MR) is 120 cm³/mol. The number of rotatable bonds is 3. The lowest BCUT2D eigenvalue weighted by Gasteiger charge is -2.39. The van der Waals surface area contributed by atoms with E-state index in [0.29, 0.717) is 9.90 Å². The van der Waals surface area contributed by atoms with Crippen LogP contribution in [-0.4, -0.2) is 11.9 Å². The van der Waals surface area contributed by atoms with Gasteiger partial charge in [-0.1, -0.05) is 17.7 Å². The van der Waals surface area contributed by atoms with Crippen LogP contribution in [0, 0.1) is 11.3 Å². The normalized spacial score (nSPS) is 18.1. The van der Waals surface area contributed by atoms with E-state index < -0.39 is 0 Å². The molecule has 0 saturated heterocycles. The fourth-order valence-corrected chi connectivity index (χ4v) is 4.86. The largest absolute Gasteiger partial charge is 0.378 e. The Balaban J connectivity index is 1.77. The number of nitrogens with zero attached hydrogens (tertiary/aromatic N) is 2. The molecule has 1 N–H and O–H groups in total. The van der Waals surface area contributed by atoms with Crippen LogP contribution < -0.4 is 10.2 Å². The Hall–Kier alpha value is -2.81. The second kappa shape index (κ2) is 7.90. The molecule has 0 saturated carbocycles. The van der Waals surface area contributed by atoms with Crippen LogP contribution in [0.5, 0.6) is 0 Å². The van der Waals surface area contributed by atoms with Gasteiger partial charge in [0.15, 0.2) is 0 Å². The second-order valence-electron chi connectivity index (χ2n) is 7.23. The minimum Gasteiger partial charge on any atom is -0.378 e. The molecule has 4 rings (SSSR count). The molecule has 2 aromatic carbocycles. The van der Waals surface area contributed by atoms with E-state index >= 15 is 0 Å². The third kappa shape index (κ3) is 3.87. The highest BCUT2D eigenvalue weighted by Gasteiger charge is 2.32. The van der Waals surface area contributed by atoms with Gasteiger partial charge in [-0.15, -0.1) is 11.3 Å². The number of nitrogens with one attached hydrogen (secondary N) is 1. The standard InChI is InChI=1S/C23H20ClN3OS/c1-14-11-21(26-18-6-4-17(24)5-7-18)20-12-16(23-10-8-19(13-25)29-23)3-9-22(20)27(14)15(2)28/h3-10,12,14,21,26H,11H2,1-2H3/t14-,21+/m1/s1. The molecule has 0 radical (unpaired) electrons. The fraction of sp³-hybridized carbons (Fsp3) is 0.217. The molecule has 0 bridgehead atoms. The first-order valence-corrected chi connectivity index (χ1v) is 10.6. The van der Waals surface area contributed by atoms with E-state index in [1.54, 1.807) is 6.92 Å². The molecule has 6 heteroatoms. The van der Waals surface area contributed by atoms with Crippen molar-refractivity contribution in [3.63, 3.8) is 0 Å². The Morgan fingerprint density at radius 2 is 1.97 bits per heavy atom. The molecule has 1 aliphatic heterocycles. The Kier molecular flexibility index (Phi) is 5.31. The number of halogens is 1. The molecule has 1 aliphatic rings. The molecule has 1 amide bonds. The van der Waals surface area contributed by atoms with E-state index in [9.17, 15) is 4.79 Å². The lowest BCUT2D eigenvalue weighted by atomic mass is 9.89. The number of fused-ring (bicyclic) bond motifs is 1. The third-order valence-corrected chi connectivity index (χ3v) is 6.50. The summed E-state index contributed by atoms with van der Waals surface area (Å²) in [7, 11) is 0. The van der Waals surface area contributed by atoms with Crippen LogP contribution in [0.25, 0.3) is 10.4 Å². The predicted octanol–water partition coefficient (Wildman–Crippen LogP) is 6.24. The summed E-state index contributed by atoms with van der Waals surface area (Å²) in [6.07, 6.45) is 0.798. The summed E-state index contributed by atoms with van der Waals surface area (Å²) in [5, 5.41) is 13.4. The van der Waals surface area contributed by atoms with Gasteiger partial charge in [0.1, 0.15) is 10.9 Å². The quantitative estimate of drug-likeness (QED) is 0.544. The fourth-order valence-electron chi connectivity index (χ4n) is 3.93. The zero-order valence-electron chi connectivity index (χ0n) is 16.1. The number of carbonyl (C=O) groups excluding carboxylic acids is 1. The first-order valence-electron chi connectivity index (χ1n) is 9.42. The number of amides is 1. The minimum absolute atomic E-state index is 0.0410. The second-order valence-corrected chi connectivity index (χ2v) is 8.75. The Morgan fingerprint density at radius 1 is 1.21 bits per heavy atom. The smallest absolute Gasteiger partial charge is 0.224 e. The third-order valence-electron chi connectivity index (χ3n) is 5.21. The Morgan fingerprint density at radius 3 is 2.62 bits per heavy atom. The topological polar surface area (TPSA) is 56.1 Å². The summed E-state index contributed by atoms with van der Waals surface area (Å²) in [4.78, 5) is 15.9. The van der Waals surface area contributed by atoms with Gasteiger partial charge in [-0.2, -0.15) is 5.26 Å². The van der Waals surface area contributed by atoms with Crippen LogP contribution >= 0.6 is 22.9 Å². The van der Waals surface area contributed by atoms with E-state index in [1.807, 2.05) is 53.4 Å². The number of thiophene rings is 1. The van der Waals surface area contributed by atoms with Crippen LogP contribution in [0.2, 0.25) is 5.02 Å². The van der Waals surface area contributed by atoms with E-state index in [0.717, 1.165) is 33.8 Å². The van der Waals surface area contributed by atoms with Gasteiger partial charge in [0, 0.05) is 34.2 Å². The van der Waals surface area contributed by atoms with Crippen LogP contribution in [0.1, 0.15) is 36.8 Å². The summed E-state index contributed by atoms with van der Waals surface area (Å²) in [6.45, 7) is 3.69. The first-order chi connectivity index (χ1) is 14.0. The maximum atomic E-state index is 12.3. The van der Waals surface area contributed by atoms with Gasteiger partial charge >= 0.3 is 0 Å². The zero-order chi connectivity index (χ0) is 20.5. The molecular weight excluding hydrogens is 402 g/mol. The highest BCUT2D eigenvalue weighted by Crippen LogP contribution is 2.42. The molecule has 29 heavy (non-hydrogen) atoms. The SMILES string of the molecule is CC(=O)N1c2ccc(-c3ccc(C#N)s3)cc2[C@@H](Nc2ccc(Cl)cc2)C[C@H]1C. The van der Waals surface area contributed by atoms with Gasteiger partial charge < -0.3 is 10.2 Å². The maximum Gasteiger partial charge on any atom is 0.224 e. The summed E-state index contributed by atoms with van der Waals surface area (Å²) < 4.78 is 0. The van der Waals surface area contributed by atoms with Crippen molar-refractivity contribution in [1.29, 1.82) is 5.26 Å². The van der Waals surface area contributed by atoms with Gasteiger partial charge in [0.2, 0.25) is 5.91 Å². The van der Waals surface area contributed by atoms with Crippen molar-refractivity contribution < 1.29 is 4.79 Å². The Labute approximate surface area is 179 Å². The number of hydrogen-bond acceptors (Lipinski definition) is 4. The van der Waals surface area contributed by atoms with Crippen LogP contribution in [0.3, 0.4) is 0 Å². The highest BCUT2D eigenvalue weighted by molar-refractivity contribution is 7.16. The lowest BCUT2D eigenvalue weighted by molar-refractivity contribution is -0.117. The number of anilines is 2. The molecule has 2 atom stereocenters. The van der Waals surface area contributed by atoms with Gasteiger partial charge in [-0.25, -0.2) is 0 Å². The van der Waals surface area contributed by atoms with Crippen molar-refractivity contribution in [2.45, 2.75) is 32.4 Å². The van der Waals surface area contributed by atoms with Gasteiger partial charge in [0.05, 0.1) is 6.04 Å². The van der Waals surface area contributed by atoms with Crippen LogP contribution in [-0.2, 0) is 4.79 Å². The minimum atomic E-state index is 0.0410. The van der Waals surface area contributed by atoms with E-state index in [1.165, 1.54) is 11.3 Å². The molecule has 0 fully saturated rings. The number of nitriles is 1. The molecule has 0 spiro atoms. The van der Waals surface area contributed by atoms with Crippen molar-refractivity contribution >= 4 is 40.2 Å². The zero-order valence-corrected chi connectivity index (χ0v) is 17.7. The van der Waals surface area contributed by atoms with E-state index in [2.05, 4.69) is 24.4 Å². The monoisotopic (exact) mass is 421 g/mol. The van der Waals surface area contributed by atoms with Crippen molar-refractivity contribution in [2.24, 2.45) is 0 Å². The van der Waals surface area contributed by atoms with Gasteiger partial charge in [-0.3, -0.25) is 4.79 Å².